The summed E-state index contributed by atoms with van der Waals surface area (Å²) in [6, 6.07) is 0. The molecule has 0 unspecified atom stereocenters. The lowest BCUT2D eigenvalue weighted by molar-refractivity contribution is 1.50. The standard InChI is InChI=1S/C4H7N/c5-3-4-1-2-4/h3H,1-2,5H2. The molecule has 0 aromatic carbocycles. The van der Waals surface area contributed by atoms with Gasteiger partial charge in [-0.3, -0.25) is 0 Å². The Hall–Kier alpha value is -0.460. The first kappa shape index (κ1) is 2.76. The Morgan fingerprint density at radius 2 is 2.20 bits per heavy atom. The van der Waals surface area contributed by atoms with Crippen LogP contribution in [0, 0.1) is 0 Å². The Balaban J connectivity index is 2.46. The van der Waals surface area contributed by atoms with Crippen LogP contribution in [0.1, 0.15) is 12.8 Å². The Morgan fingerprint density at radius 3 is 2.20 bits per heavy atom. The van der Waals surface area contributed by atoms with Crippen molar-refractivity contribution in [3.8, 4) is 0 Å². The molecule has 0 spiro atoms. The minimum atomic E-state index is 1.25. The number of rotatable bonds is 0. The molecule has 0 aromatic rings. The molecule has 1 fully saturated rings. The van der Waals surface area contributed by atoms with Crippen LogP contribution in [0.4, 0.5) is 0 Å². The van der Waals surface area contributed by atoms with Gasteiger partial charge in [-0.25, -0.2) is 0 Å². The van der Waals surface area contributed by atoms with E-state index in [4.69, 9.17) is 5.73 Å². The average Bonchev–Trinajstić information content (AvgIpc) is 2.12. The minimum Gasteiger partial charge on any atom is -0.405 e. The van der Waals surface area contributed by atoms with E-state index in [-0.39, 0.29) is 0 Å². The van der Waals surface area contributed by atoms with Crippen molar-refractivity contribution < 1.29 is 0 Å². The minimum absolute atomic E-state index is 1.25. The van der Waals surface area contributed by atoms with Gasteiger partial charge in [-0.15, -0.1) is 0 Å². The molecule has 0 amide bonds. The highest BCUT2D eigenvalue weighted by Gasteiger charge is 2.07. The second kappa shape index (κ2) is 0.744. The van der Waals surface area contributed by atoms with Crippen LogP contribution in [0.3, 0.4) is 0 Å². The number of hydrogen-bond donors (Lipinski definition) is 1. The first-order chi connectivity index (χ1) is 2.43. The molecule has 0 heterocycles. The molecule has 28 valence electrons. The SMILES string of the molecule is NC=C1CC1. The molecule has 0 atom stereocenters. The molecular weight excluding hydrogens is 62.1 g/mol. The largest absolute Gasteiger partial charge is 0.405 e. The van der Waals surface area contributed by atoms with Crippen LogP contribution in [-0.2, 0) is 0 Å². The lowest BCUT2D eigenvalue weighted by atomic mass is 10.7. The number of hydrogen-bond acceptors (Lipinski definition) is 1. The van der Waals surface area contributed by atoms with Crippen LogP contribution in [0.25, 0.3) is 0 Å². The molecule has 2 N–H and O–H groups in total. The molecule has 5 heavy (non-hydrogen) atoms. The highest BCUT2D eigenvalue weighted by Crippen LogP contribution is 2.25. The van der Waals surface area contributed by atoms with Crippen molar-refractivity contribution in [1.29, 1.82) is 0 Å². The Labute approximate surface area is 31.5 Å². The van der Waals surface area contributed by atoms with E-state index < -0.39 is 0 Å². The summed E-state index contributed by atoms with van der Waals surface area (Å²) < 4.78 is 0. The molecule has 0 aliphatic heterocycles. The summed E-state index contributed by atoms with van der Waals surface area (Å²) in [6.07, 6.45) is 4.19. The lowest BCUT2D eigenvalue weighted by Crippen LogP contribution is -1.71. The van der Waals surface area contributed by atoms with Gasteiger partial charge < -0.3 is 5.73 Å². The van der Waals surface area contributed by atoms with Crippen molar-refractivity contribution in [1.82, 2.24) is 0 Å². The van der Waals surface area contributed by atoms with Crippen molar-refractivity contribution in [2.24, 2.45) is 5.73 Å². The fourth-order valence-electron chi connectivity index (χ4n) is 0.239. The topological polar surface area (TPSA) is 26.0 Å². The first-order valence-electron chi connectivity index (χ1n) is 1.83. The second-order valence-corrected chi connectivity index (χ2v) is 1.32. The van der Waals surface area contributed by atoms with Gasteiger partial charge in [-0.2, -0.15) is 0 Å². The van der Waals surface area contributed by atoms with Crippen molar-refractivity contribution in [3.63, 3.8) is 0 Å². The number of nitrogens with two attached hydrogens (primary N) is 1. The molecule has 1 heteroatoms. The third kappa shape index (κ3) is 0.407. The second-order valence-electron chi connectivity index (χ2n) is 1.32. The monoisotopic (exact) mass is 69.1 g/mol. The highest BCUT2D eigenvalue weighted by molar-refractivity contribution is 5.13. The molecule has 1 nitrogen and oxygen atoms in total. The van der Waals surface area contributed by atoms with E-state index in [9.17, 15) is 0 Å². The maximum Gasteiger partial charge on any atom is -0.00702 e. The molecule has 0 saturated heterocycles. The summed E-state index contributed by atoms with van der Waals surface area (Å²) in [4.78, 5) is 0. The zero-order valence-corrected chi connectivity index (χ0v) is 3.07. The summed E-state index contributed by atoms with van der Waals surface area (Å²) in [7, 11) is 0. The fourth-order valence-corrected chi connectivity index (χ4v) is 0.239. The molecule has 1 saturated carbocycles. The van der Waals surface area contributed by atoms with E-state index in [0.29, 0.717) is 0 Å². The zero-order chi connectivity index (χ0) is 3.70. The molecule has 0 aromatic heterocycles. The Morgan fingerprint density at radius 1 is 1.60 bits per heavy atom. The summed E-state index contributed by atoms with van der Waals surface area (Å²) >= 11 is 0. The van der Waals surface area contributed by atoms with Crippen LogP contribution in [0.2, 0.25) is 0 Å². The van der Waals surface area contributed by atoms with Crippen LogP contribution < -0.4 is 5.73 Å². The van der Waals surface area contributed by atoms with Gasteiger partial charge in [0.15, 0.2) is 0 Å². The molecule has 0 radical (unpaired) electrons. The van der Waals surface area contributed by atoms with Crippen LogP contribution in [-0.4, -0.2) is 0 Å². The van der Waals surface area contributed by atoms with Gasteiger partial charge in [-0.1, -0.05) is 5.57 Å². The predicted molar refractivity (Wildman–Crippen MR) is 21.5 cm³/mol. The normalized spacial score (nSPS) is 18.8. The van der Waals surface area contributed by atoms with Gasteiger partial charge in [0, 0.05) is 0 Å². The van der Waals surface area contributed by atoms with E-state index in [0.717, 1.165) is 0 Å². The molecule has 1 rings (SSSR count). The van der Waals surface area contributed by atoms with Gasteiger partial charge in [0.05, 0.1) is 0 Å². The maximum atomic E-state index is 5.07. The van der Waals surface area contributed by atoms with Crippen molar-refractivity contribution >= 4 is 0 Å². The van der Waals surface area contributed by atoms with Gasteiger partial charge in [-0.05, 0) is 19.0 Å². The van der Waals surface area contributed by atoms with Gasteiger partial charge >= 0.3 is 0 Å². The van der Waals surface area contributed by atoms with E-state index in [2.05, 4.69) is 0 Å². The molecular formula is C4H7N. The summed E-state index contributed by atoms with van der Waals surface area (Å²) in [5.74, 6) is 0. The molecule has 1 aliphatic rings. The molecule has 1 aliphatic carbocycles. The summed E-state index contributed by atoms with van der Waals surface area (Å²) in [5.41, 5.74) is 6.48. The van der Waals surface area contributed by atoms with E-state index in [1.54, 1.807) is 6.20 Å². The Kier molecular flexibility index (Phi) is 0.411. The lowest BCUT2D eigenvalue weighted by Gasteiger charge is -1.56. The fraction of sp³-hybridized carbons (Fsp3) is 0.500. The summed E-state index contributed by atoms with van der Waals surface area (Å²) in [6.45, 7) is 0. The van der Waals surface area contributed by atoms with E-state index in [1.807, 2.05) is 0 Å². The third-order valence-corrected chi connectivity index (χ3v) is 0.774. The number of allylic oxidation sites excluding steroid dienone is 1. The average molecular weight is 69.1 g/mol. The predicted octanol–water partition coefficient (Wildman–Crippen LogP) is 0.623. The smallest absolute Gasteiger partial charge is 0.00702 e. The van der Waals surface area contributed by atoms with Gasteiger partial charge in [0.25, 0.3) is 0 Å². The van der Waals surface area contributed by atoms with Crippen LogP contribution >= 0.6 is 0 Å². The van der Waals surface area contributed by atoms with Crippen LogP contribution in [0.5, 0.6) is 0 Å². The van der Waals surface area contributed by atoms with Crippen LogP contribution in [0.15, 0.2) is 11.8 Å². The quantitative estimate of drug-likeness (QED) is 0.443. The zero-order valence-electron chi connectivity index (χ0n) is 3.07. The first-order valence-corrected chi connectivity index (χ1v) is 1.83. The maximum absolute atomic E-state index is 5.07. The Bertz CT molecular complexity index is 58.0. The summed E-state index contributed by atoms with van der Waals surface area (Å²) in [5, 5.41) is 0. The highest BCUT2D eigenvalue weighted by atomic mass is 14.5. The van der Waals surface area contributed by atoms with Gasteiger partial charge in [0.2, 0.25) is 0 Å². The molecule has 0 bridgehead atoms. The third-order valence-electron chi connectivity index (χ3n) is 0.774. The van der Waals surface area contributed by atoms with Gasteiger partial charge in [0.1, 0.15) is 0 Å². The van der Waals surface area contributed by atoms with Crippen molar-refractivity contribution in [2.75, 3.05) is 0 Å². The van der Waals surface area contributed by atoms with E-state index in [1.165, 1.54) is 18.4 Å². The van der Waals surface area contributed by atoms with E-state index >= 15 is 0 Å². The van der Waals surface area contributed by atoms with Crippen molar-refractivity contribution in [3.05, 3.63) is 11.8 Å². The van der Waals surface area contributed by atoms with Crippen molar-refractivity contribution in [2.45, 2.75) is 12.8 Å².